The molecule has 11 aromatic rings. The van der Waals surface area contributed by atoms with Crippen LogP contribution in [-0.2, 0) is 16.2 Å². The number of fused-ring (bicyclic) bond motifs is 18. The number of anilines is 3. The topological polar surface area (TPSA) is 3.24 Å². The third-order valence-electron chi connectivity index (χ3n) is 17.0. The molecule has 0 aromatic heterocycles. The van der Waals surface area contributed by atoms with Crippen molar-refractivity contribution < 1.29 is 0 Å². The van der Waals surface area contributed by atoms with Crippen molar-refractivity contribution in [3.63, 3.8) is 0 Å². The number of nitrogens with zero attached hydrogens (tertiary/aromatic N) is 1. The fourth-order valence-electron chi connectivity index (χ4n) is 14.1. The normalized spacial score (nSPS) is 14.9. The summed E-state index contributed by atoms with van der Waals surface area (Å²) in [6, 6.07) is 98.9. The molecule has 0 fully saturated rings. The molecule has 0 saturated heterocycles. The van der Waals surface area contributed by atoms with Crippen molar-refractivity contribution in [3.05, 3.63) is 316 Å². The van der Waals surface area contributed by atoms with E-state index >= 15 is 0 Å². The minimum absolute atomic E-state index is 0.193. The van der Waals surface area contributed by atoms with Crippen LogP contribution >= 0.6 is 0 Å². The first-order valence-corrected chi connectivity index (χ1v) is 25.4. The highest BCUT2D eigenvalue weighted by molar-refractivity contribution is 6.01. The lowest BCUT2D eigenvalue weighted by molar-refractivity contribution is 0.660. The Bertz CT molecular complexity index is 3920. The number of hydrogen-bond donors (Lipinski definition) is 0. The number of benzene rings is 11. The van der Waals surface area contributed by atoms with E-state index in [0.717, 1.165) is 17.1 Å². The van der Waals surface area contributed by atoms with Crippen molar-refractivity contribution in [1.29, 1.82) is 0 Å². The minimum Gasteiger partial charge on any atom is -0.310 e. The Hall–Kier alpha value is -8.78. The summed E-state index contributed by atoms with van der Waals surface area (Å²) < 4.78 is 0. The van der Waals surface area contributed by atoms with Gasteiger partial charge in [-0.05, 0) is 136 Å². The Morgan fingerprint density at radius 2 is 0.611 bits per heavy atom. The molecule has 4 aliphatic carbocycles. The molecule has 0 saturated carbocycles. The highest BCUT2D eigenvalue weighted by Gasteiger charge is 2.51. The summed E-state index contributed by atoms with van der Waals surface area (Å²) in [5, 5.41) is 0. The summed E-state index contributed by atoms with van der Waals surface area (Å²) in [6.45, 7) is 4.79. The fraction of sp³-hybridized carbons (Fsp3) is 0.0704. The third-order valence-corrected chi connectivity index (χ3v) is 17.0. The van der Waals surface area contributed by atoms with E-state index in [2.05, 4.69) is 280 Å². The van der Waals surface area contributed by atoms with Crippen LogP contribution < -0.4 is 4.90 Å². The minimum atomic E-state index is -0.623. The van der Waals surface area contributed by atoms with Gasteiger partial charge in [0.25, 0.3) is 0 Å². The average molecular weight is 916 g/mol. The molecule has 72 heavy (non-hydrogen) atoms. The maximum atomic E-state index is 2.60. The zero-order valence-corrected chi connectivity index (χ0v) is 40.3. The standard InChI is InChI=1S/C71H49N/c1-69(2)59-33-16-11-30-54(59)56-42-40-48(44-65(56)69)72(67-39-21-38-64-68(67)58-32-15-20-37-63(58)70(64,46-22-5-3-6-23-46)47-24-7-4-8-25-47)49-41-43-57-55-31-14-19-36-62(55)71(66(57)45-49)60-34-17-12-28-52(60)50-26-9-10-27-51(50)53-29-13-18-35-61(53)71/h3-45H,1-2H3. The van der Waals surface area contributed by atoms with E-state index in [0.29, 0.717) is 0 Å². The van der Waals surface area contributed by atoms with Crippen molar-refractivity contribution in [2.24, 2.45) is 0 Å². The molecular formula is C71H49N. The Morgan fingerprint density at radius 3 is 1.14 bits per heavy atom. The maximum Gasteiger partial charge on any atom is 0.0726 e. The zero-order valence-electron chi connectivity index (χ0n) is 40.3. The largest absolute Gasteiger partial charge is 0.310 e. The molecule has 0 unspecified atom stereocenters. The van der Waals surface area contributed by atoms with Gasteiger partial charge >= 0.3 is 0 Å². The Labute approximate surface area is 422 Å². The molecule has 15 rings (SSSR count). The van der Waals surface area contributed by atoms with Gasteiger partial charge in [-0.3, -0.25) is 0 Å². The van der Waals surface area contributed by atoms with Crippen LogP contribution in [0.15, 0.2) is 261 Å². The van der Waals surface area contributed by atoms with Gasteiger partial charge in [0.1, 0.15) is 0 Å². The van der Waals surface area contributed by atoms with Crippen LogP contribution in [0.4, 0.5) is 17.1 Å². The van der Waals surface area contributed by atoms with Gasteiger partial charge in [-0.15, -0.1) is 0 Å². The van der Waals surface area contributed by atoms with E-state index in [-0.39, 0.29) is 5.41 Å². The zero-order chi connectivity index (χ0) is 47.8. The van der Waals surface area contributed by atoms with Gasteiger partial charge in [0.2, 0.25) is 0 Å². The van der Waals surface area contributed by atoms with Crippen LogP contribution in [0.5, 0.6) is 0 Å². The van der Waals surface area contributed by atoms with Crippen molar-refractivity contribution in [3.8, 4) is 55.6 Å². The van der Waals surface area contributed by atoms with Crippen LogP contribution in [0.2, 0.25) is 0 Å². The van der Waals surface area contributed by atoms with E-state index in [1.807, 2.05) is 0 Å². The molecule has 1 heteroatoms. The van der Waals surface area contributed by atoms with Gasteiger partial charge in [-0.25, -0.2) is 0 Å². The predicted octanol–water partition coefficient (Wildman–Crippen LogP) is 17.8. The first kappa shape index (κ1) is 41.0. The van der Waals surface area contributed by atoms with E-state index in [1.165, 1.54) is 111 Å². The smallest absolute Gasteiger partial charge is 0.0726 e. The molecule has 0 radical (unpaired) electrons. The SMILES string of the molecule is CC1(C)c2ccccc2-c2ccc(N(c3ccc4c(c3)C3(c5ccccc5-c5ccccc5-c5ccccc53)c3ccccc3-4)c3cccc4c3-c3ccccc3C4(c3ccccc3)c3ccccc3)cc21. The Kier molecular flexibility index (Phi) is 8.62. The highest BCUT2D eigenvalue weighted by Crippen LogP contribution is 2.64. The van der Waals surface area contributed by atoms with Gasteiger partial charge in [0, 0.05) is 22.4 Å². The van der Waals surface area contributed by atoms with Gasteiger partial charge in [0.05, 0.1) is 16.5 Å². The van der Waals surface area contributed by atoms with Gasteiger partial charge in [0.15, 0.2) is 0 Å². The molecule has 0 N–H and O–H groups in total. The molecule has 1 spiro atoms. The quantitative estimate of drug-likeness (QED) is 0.166. The van der Waals surface area contributed by atoms with Crippen LogP contribution in [0.25, 0.3) is 55.6 Å². The second kappa shape index (κ2) is 15.1. The van der Waals surface area contributed by atoms with Crippen LogP contribution in [0.3, 0.4) is 0 Å². The summed E-state index contributed by atoms with van der Waals surface area (Å²) in [6.07, 6.45) is 0. The Balaban J connectivity index is 1.05. The highest BCUT2D eigenvalue weighted by atomic mass is 15.1. The third kappa shape index (κ3) is 5.27. The average Bonchev–Trinajstić information content (AvgIpc) is 3.97. The Morgan fingerprint density at radius 1 is 0.250 bits per heavy atom. The van der Waals surface area contributed by atoms with Crippen LogP contribution in [-0.4, -0.2) is 0 Å². The lowest BCUT2D eigenvalue weighted by Gasteiger charge is -2.36. The summed E-state index contributed by atoms with van der Waals surface area (Å²) >= 11 is 0. The van der Waals surface area contributed by atoms with Gasteiger partial charge < -0.3 is 4.90 Å². The molecule has 0 heterocycles. The summed E-state index contributed by atoms with van der Waals surface area (Å²) in [7, 11) is 0. The van der Waals surface area contributed by atoms with Crippen LogP contribution in [0.1, 0.15) is 69.5 Å². The molecule has 4 aliphatic rings. The van der Waals surface area contributed by atoms with Crippen molar-refractivity contribution >= 4 is 17.1 Å². The molecule has 1 nitrogen and oxygen atoms in total. The maximum absolute atomic E-state index is 2.60. The molecule has 11 aromatic carbocycles. The molecule has 338 valence electrons. The molecule has 0 aliphatic heterocycles. The first-order chi connectivity index (χ1) is 35.5. The molecular weight excluding hydrogens is 867 g/mol. The van der Waals surface area contributed by atoms with Crippen molar-refractivity contribution in [1.82, 2.24) is 0 Å². The van der Waals surface area contributed by atoms with E-state index < -0.39 is 10.8 Å². The first-order valence-electron chi connectivity index (χ1n) is 25.4. The number of hydrogen-bond acceptors (Lipinski definition) is 1. The van der Waals surface area contributed by atoms with Crippen molar-refractivity contribution in [2.45, 2.75) is 30.1 Å². The van der Waals surface area contributed by atoms with Crippen molar-refractivity contribution in [2.75, 3.05) is 4.90 Å². The number of rotatable bonds is 5. The second-order valence-corrected chi connectivity index (χ2v) is 20.6. The summed E-state index contributed by atoms with van der Waals surface area (Å²) in [5.41, 5.74) is 27.8. The van der Waals surface area contributed by atoms with E-state index in [9.17, 15) is 0 Å². The fourth-order valence-corrected chi connectivity index (χ4v) is 14.1. The van der Waals surface area contributed by atoms with E-state index in [1.54, 1.807) is 0 Å². The predicted molar refractivity (Wildman–Crippen MR) is 298 cm³/mol. The summed E-state index contributed by atoms with van der Waals surface area (Å²) in [4.78, 5) is 2.60. The van der Waals surface area contributed by atoms with E-state index in [4.69, 9.17) is 0 Å². The monoisotopic (exact) mass is 915 g/mol. The molecule has 0 atom stereocenters. The summed E-state index contributed by atoms with van der Waals surface area (Å²) in [5.74, 6) is 0. The van der Waals surface area contributed by atoms with Gasteiger partial charge in [-0.1, -0.05) is 244 Å². The van der Waals surface area contributed by atoms with Crippen LogP contribution in [0, 0.1) is 0 Å². The van der Waals surface area contributed by atoms with Gasteiger partial charge in [-0.2, -0.15) is 0 Å². The lowest BCUT2D eigenvalue weighted by Crippen LogP contribution is -2.29. The lowest BCUT2D eigenvalue weighted by atomic mass is 9.66. The molecule has 0 amide bonds. The second-order valence-electron chi connectivity index (χ2n) is 20.6. The molecule has 0 bridgehead atoms.